The first-order valence-corrected chi connectivity index (χ1v) is 6.56. The van der Waals surface area contributed by atoms with E-state index < -0.39 is 0 Å². The Morgan fingerprint density at radius 1 is 1.31 bits per heavy atom. The Balaban J connectivity index is 2.31. The number of anilines is 2. The number of nitrogens with two attached hydrogens (primary N) is 1. The zero-order chi connectivity index (χ0) is 11.9. The van der Waals surface area contributed by atoms with Crippen molar-refractivity contribution in [2.24, 2.45) is 11.8 Å². The van der Waals surface area contributed by atoms with E-state index in [1.165, 1.54) is 0 Å². The van der Waals surface area contributed by atoms with Gasteiger partial charge in [-0.3, -0.25) is 0 Å². The highest BCUT2D eigenvalue weighted by Gasteiger charge is 2.27. The molecule has 0 radical (unpaired) electrons. The van der Waals surface area contributed by atoms with Gasteiger partial charge in [-0.05, 0) is 40.5 Å². The van der Waals surface area contributed by atoms with Gasteiger partial charge in [0.2, 0.25) is 0 Å². The molecule has 1 aliphatic rings. The molecule has 16 heavy (non-hydrogen) atoms. The Morgan fingerprint density at radius 2 is 1.88 bits per heavy atom. The predicted molar refractivity (Wildman–Crippen MR) is 74.1 cm³/mol. The van der Waals surface area contributed by atoms with Crippen LogP contribution in [0.5, 0.6) is 0 Å². The predicted octanol–water partition coefficient (Wildman–Crippen LogP) is 3.10. The molecule has 1 saturated heterocycles. The SMILES string of the molecule is CC1CN(c2cc(F)c(I)cc2N)CC1C. The monoisotopic (exact) mass is 334 g/mol. The third kappa shape index (κ3) is 2.12. The summed E-state index contributed by atoms with van der Waals surface area (Å²) in [6.45, 7) is 6.38. The molecule has 0 amide bonds. The maximum atomic E-state index is 13.5. The number of halogens is 2. The largest absolute Gasteiger partial charge is 0.397 e. The minimum absolute atomic E-state index is 0.183. The molecule has 0 saturated carbocycles. The molecule has 2 rings (SSSR count). The van der Waals surface area contributed by atoms with Crippen LogP contribution in [0, 0.1) is 21.2 Å². The van der Waals surface area contributed by atoms with Crippen molar-refractivity contribution in [3.05, 3.63) is 21.5 Å². The van der Waals surface area contributed by atoms with Gasteiger partial charge in [-0.25, -0.2) is 4.39 Å². The Labute approximate surface area is 109 Å². The summed E-state index contributed by atoms with van der Waals surface area (Å²) in [6.07, 6.45) is 0. The third-order valence-corrected chi connectivity index (χ3v) is 4.23. The lowest BCUT2D eigenvalue weighted by Crippen LogP contribution is -2.21. The van der Waals surface area contributed by atoms with Crippen molar-refractivity contribution >= 4 is 34.0 Å². The summed E-state index contributed by atoms with van der Waals surface area (Å²) in [5.74, 6) is 1.10. The van der Waals surface area contributed by atoms with Crippen molar-refractivity contribution in [2.75, 3.05) is 23.7 Å². The summed E-state index contributed by atoms with van der Waals surface area (Å²) in [4.78, 5) is 2.18. The fraction of sp³-hybridized carbons (Fsp3) is 0.500. The van der Waals surface area contributed by atoms with Crippen LogP contribution >= 0.6 is 22.6 Å². The Kier molecular flexibility index (Phi) is 3.28. The van der Waals surface area contributed by atoms with Gasteiger partial charge < -0.3 is 10.6 Å². The lowest BCUT2D eigenvalue weighted by Gasteiger charge is -2.20. The lowest BCUT2D eigenvalue weighted by molar-refractivity contribution is 0.494. The molecule has 1 aromatic carbocycles. The first-order valence-electron chi connectivity index (χ1n) is 5.48. The summed E-state index contributed by atoms with van der Waals surface area (Å²) in [7, 11) is 0. The average molecular weight is 334 g/mol. The van der Waals surface area contributed by atoms with E-state index in [9.17, 15) is 4.39 Å². The first-order chi connectivity index (χ1) is 7.49. The van der Waals surface area contributed by atoms with E-state index in [2.05, 4.69) is 18.7 Å². The van der Waals surface area contributed by atoms with Crippen molar-refractivity contribution in [1.29, 1.82) is 0 Å². The molecule has 1 fully saturated rings. The summed E-state index contributed by atoms with van der Waals surface area (Å²) < 4.78 is 14.1. The van der Waals surface area contributed by atoms with E-state index >= 15 is 0 Å². The van der Waals surface area contributed by atoms with Crippen molar-refractivity contribution in [1.82, 2.24) is 0 Å². The van der Waals surface area contributed by atoms with Gasteiger partial charge in [-0.2, -0.15) is 0 Å². The van der Waals surface area contributed by atoms with E-state index in [-0.39, 0.29) is 5.82 Å². The van der Waals surface area contributed by atoms with Gasteiger partial charge in [-0.1, -0.05) is 13.8 Å². The number of nitrogen functional groups attached to an aromatic ring is 1. The van der Waals surface area contributed by atoms with Gasteiger partial charge >= 0.3 is 0 Å². The number of nitrogens with zero attached hydrogens (tertiary/aromatic N) is 1. The number of hydrogen-bond acceptors (Lipinski definition) is 2. The minimum Gasteiger partial charge on any atom is -0.397 e. The van der Waals surface area contributed by atoms with Crippen LogP contribution in [-0.2, 0) is 0 Å². The van der Waals surface area contributed by atoms with Gasteiger partial charge in [0.05, 0.1) is 14.9 Å². The number of hydrogen-bond donors (Lipinski definition) is 1. The average Bonchev–Trinajstić information content (AvgIpc) is 2.53. The van der Waals surface area contributed by atoms with Gasteiger partial charge in [0, 0.05) is 19.2 Å². The Bertz CT molecular complexity index is 398. The Morgan fingerprint density at radius 3 is 2.44 bits per heavy atom. The standard InChI is InChI=1S/C12H16FIN2/c1-7-5-16(6-8(7)2)12-3-9(13)10(14)4-11(12)15/h3-4,7-8H,5-6,15H2,1-2H3. The molecule has 0 aromatic heterocycles. The third-order valence-electron chi connectivity index (χ3n) is 3.40. The fourth-order valence-electron chi connectivity index (χ4n) is 2.15. The van der Waals surface area contributed by atoms with Crippen LogP contribution in [0.1, 0.15) is 13.8 Å². The van der Waals surface area contributed by atoms with E-state index in [0.29, 0.717) is 21.1 Å². The minimum atomic E-state index is -0.183. The van der Waals surface area contributed by atoms with Crippen LogP contribution in [0.15, 0.2) is 12.1 Å². The maximum absolute atomic E-state index is 13.5. The van der Waals surface area contributed by atoms with Gasteiger partial charge in [0.25, 0.3) is 0 Å². The van der Waals surface area contributed by atoms with Crippen molar-refractivity contribution in [3.8, 4) is 0 Å². The molecule has 2 atom stereocenters. The van der Waals surface area contributed by atoms with Gasteiger partial charge in [0.15, 0.2) is 0 Å². The molecule has 1 aliphatic heterocycles. The lowest BCUT2D eigenvalue weighted by atomic mass is 10.0. The highest BCUT2D eigenvalue weighted by Crippen LogP contribution is 2.33. The van der Waals surface area contributed by atoms with Crippen molar-refractivity contribution in [3.63, 3.8) is 0 Å². The molecule has 0 aliphatic carbocycles. The number of rotatable bonds is 1. The van der Waals surface area contributed by atoms with Crippen molar-refractivity contribution < 1.29 is 4.39 Å². The molecule has 1 aromatic rings. The molecule has 2 N–H and O–H groups in total. The molecule has 4 heteroatoms. The summed E-state index contributed by atoms with van der Waals surface area (Å²) in [5, 5.41) is 0. The topological polar surface area (TPSA) is 29.3 Å². The van der Waals surface area contributed by atoms with Crippen LogP contribution in [0.3, 0.4) is 0 Å². The molecule has 2 unspecified atom stereocenters. The normalized spacial score (nSPS) is 25.1. The van der Waals surface area contributed by atoms with Crippen LogP contribution < -0.4 is 10.6 Å². The highest BCUT2D eigenvalue weighted by atomic mass is 127. The zero-order valence-corrected chi connectivity index (χ0v) is 11.7. The summed E-state index contributed by atoms with van der Waals surface area (Å²) in [6, 6.07) is 3.26. The molecule has 0 bridgehead atoms. The van der Waals surface area contributed by atoms with Crippen LogP contribution in [0.25, 0.3) is 0 Å². The second-order valence-corrected chi connectivity index (χ2v) is 5.85. The van der Waals surface area contributed by atoms with E-state index in [1.807, 2.05) is 22.6 Å². The first kappa shape index (κ1) is 12.0. The highest BCUT2D eigenvalue weighted by molar-refractivity contribution is 14.1. The summed E-state index contributed by atoms with van der Waals surface area (Å²) >= 11 is 1.96. The summed E-state index contributed by atoms with van der Waals surface area (Å²) in [5.41, 5.74) is 7.46. The number of benzene rings is 1. The van der Waals surface area contributed by atoms with Gasteiger partial charge in [0.1, 0.15) is 5.82 Å². The molecule has 0 spiro atoms. The molecule has 1 heterocycles. The van der Waals surface area contributed by atoms with E-state index in [4.69, 9.17) is 5.73 Å². The molecular weight excluding hydrogens is 318 g/mol. The molecule has 2 nitrogen and oxygen atoms in total. The molecular formula is C12H16FIN2. The van der Waals surface area contributed by atoms with Crippen LogP contribution in [-0.4, -0.2) is 13.1 Å². The Hall–Kier alpha value is -0.520. The second-order valence-electron chi connectivity index (χ2n) is 4.68. The molecule has 88 valence electrons. The van der Waals surface area contributed by atoms with E-state index in [0.717, 1.165) is 18.8 Å². The maximum Gasteiger partial charge on any atom is 0.138 e. The van der Waals surface area contributed by atoms with Gasteiger partial charge in [-0.15, -0.1) is 0 Å². The fourth-order valence-corrected chi connectivity index (χ4v) is 2.64. The van der Waals surface area contributed by atoms with Crippen LogP contribution in [0.2, 0.25) is 0 Å². The van der Waals surface area contributed by atoms with Crippen LogP contribution in [0.4, 0.5) is 15.8 Å². The smallest absolute Gasteiger partial charge is 0.138 e. The quantitative estimate of drug-likeness (QED) is 0.632. The second kappa shape index (κ2) is 4.39. The van der Waals surface area contributed by atoms with Crippen molar-refractivity contribution in [2.45, 2.75) is 13.8 Å². The van der Waals surface area contributed by atoms with E-state index in [1.54, 1.807) is 12.1 Å². The zero-order valence-electron chi connectivity index (χ0n) is 9.50.